The Bertz CT molecular complexity index is 3090. The number of hydrogen-bond acceptors (Lipinski definition) is 8. The number of para-hydroxylation sites is 1. The van der Waals surface area contributed by atoms with Crippen LogP contribution in [0, 0.1) is 0 Å². The lowest BCUT2D eigenvalue weighted by Crippen LogP contribution is -2.43. The zero-order chi connectivity index (χ0) is 53.4. The molecule has 9 rings (SSSR count). The average molecular weight is 993 g/mol. The summed E-state index contributed by atoms with van der Waals surface area (Å²) in [6.45, 7) is 17.1. The Morgan fingerprint density at radius 1 is 0.459 bits per heavy atom. The van der Waals surface area contributed by atoms with Gasteiger partial charge in [-0.25, -0.2) is 0 Å². The first kappa shape index (κ1) is 53.9. The number of fused-ring (bicyclic) bond motifs is 1. The van der Waals surface area contributed by atoms with E-state index in [4.69, 9.17) is 4.74 Å². The molecule has 1 heterocycles. The molecule has 8 aromatic rings. The average Bonchev–Trinajstić information content (AvgIpc) is 3.36. The van der Waals surface area contributed by atoms with E-state index in [1.807, 2.05) is 84.9 Å². The smallest absolute Gasteiger partial charge is 0.124 e. The Hall–Kier alpha value is -7.84. The summed E-state index contributed by atoms with van der Waals surface area (Å²) < 4.78 is 6.34. The van der Waals surface area contributed by atoms with E-state index in [-0.39, 0.29) is 45.7 Å². The molecule has 8 nitrogen and oxygen atoms in total. The summed E-state index contributed by atoms with van der Waals surface area (Å²) in [4.78, 5) is 0. The van der Waals surface area contributed by atoms with Crippen LogP contribution in [0.1, 0.15) is 135 Å². The molecule has 4 atom stereocenters. The predicted octanol–water partition coefficient (Wildman–Crippen LogP) is 15.2. The first-order valence-corrected chi connectivity index (χ1v) is 25.5. The number of rotatable bonds is 12. The molecule has 8 aromatic carbocycles. The molecular weight excluding hydrogens is 921 g/mol. The van der Waals surface area contributed by atoms with Crippen molar-refractivity contribution in [1.82, 2.24) is 0 Å². The third-order valence-corrected chi connectivity index (χ3v) is 14.6. The van der Waals surface area contributed by atoms with Crippen molar-refractivity contribution in [2.75, 3.05) is 0 Å². The molecule has 0 amide bonds. The van der Waals surface area contributed by atoms with Crippen LogP contribution in [0.2, 0.25) is 0 Å². The molecule has 0 spiro atoms. The maximum atomic E-state index is 10.5. The van der Waals surface area contributed by atoms with Gasteiger partial charge in [0.1, 0.15) is 51.6 Å². The summed E-state index contributed by atoms with van der Waals surface area (Å²) >= 11 is 0. The van der Waals surface area contributed by atoms with Crippen molar-refractivity contribution < 1.29 is 40.5 Å². The van der Waals surface area contributed by atoms with Gasteiger partial charge in [0, 0.05) is 28.4 Å². The van der Waals surface area contributed by atoms with Gasteiger partial charge in [-0.1, -0.05) is 145 Å². The van der Waals surface area contributed by atoms with E-state index in [2.05, 4.69) is 79.7 Å². The van der Waals surface area contributed by atoms with E-state index in [1.165, 1.54) is 27.8 Å². The second-order valence-corrected chi connectivity index (χ2v) is 21.5. The van der Waals surface area contributed by atoms with E-state index in [0.717, 1.165) is 59.3 Å². The van der Waals surface area contributed by atoms with Gasteiger partial charge >= 0.3 is 0 Å². The molecule has 0 aliphatic carbocycles. The van der Waals surface area contributed by atoms with Crippen molar-refractivity contribution in [3.63, 3.8) is 0 Å². The number of hydrogen-bond donors (Lipinski definition) is 7. The molecule has 384 valence electrons. The van der Waals surface area contributed by atoms with Crippen LogP contribution < -0.4 is 4.74 Å². The van der Waals surface area contributed by atoms with Crippen molar-refractivity contribution in [2.45, 2.75) is 115 Å². The van der Waals surface area contributed by atoms with Crippen LogP contribution in [0.3, 0.4) is 0 Å². The second-order valence-electron chi connectivity index (χ2n) is 21.5. The summed E-state index contributed by atoms with van der Waals surface area (Å²) in [6.07, 6.45) is 3.45. The Balaban J connectivity index is 0.000000168. The fourth-order valence-electron chi connectivity index (χ4n) is 10.4. The summed E-state index contributed by atoms with van der Waals surface area (Å²) in [5.74, 6) is 3.79. The number of ether oxygens (including phenoxy) is 1. The van der Waals surface area contributed by atoms with Crippen LogP contribution in [-0.2, 0) is 30.1 Å². The highest BCUT2D eigenvalue weighted by molar-refractivity contribution is 5.52. The minimum atomic E-state index is -0.393. The second kappa shape index (κ2) is 22.9. The maximum Gasteiger partial charge on any atom is 0.124 e. The SMILES string of the molecule is CC(Cc1ccc(O)c(C(C)(C)c2ccc(O)cc2)c1)c1ccc(O)cc1.CC(Cc1ccc(O)cc1)c1ccccc1O.CC(Cc1ccc2c(c1)C(C)(c1ccc(O)cc1)CC(C)(C)O2)c1ccc(O)cc1. The molecule has 0 bridgehead atoms. The van der Waals surface area contributed by atoms with Crippen LogP contribution in [0.4, 0.5) is 0 Å². The van der Waals surface area contributed by atoms with Gasteiger partial charge < -0.3 is 40.5 Å². The van der Waals surface area contributed by atoms with E-state index >= 15 is 0 Å². The first-order chi connectivity index (χ1) is 35.1. The van der Waals surface area contributed by atoms with Gasteiger partial charge in [-0.15, -0.1) is 0 Å². The molecule has 0 saturated carbocycles. The lowest BCUT2D eigenvalue weighted by atomic mass is 9.67. The van der Waals surface area contributed by atoms with Crippen LogP contribution in [-0.4, -0.2) is 41.3 Å². The molecule has 0 aromatic heterocycles. The van der Waals surface area contributed by atoms with Gasteiger partial charge in [0.25, 0.3) is 0 Å². The predicted molar refractivity (Wildman–Crippen MR) is 297 cm³/mol. The van der Waals surface area contributed by atoms with Crippen molar-refractivity contribution in [2.24, 2.45) is 0 Å². The molecule has 74 heavy (non-hydrogen) atoms. The summed E-state index contributed by atoms with van der Waals surface area (Å²) in [6, 6.07) is 56.4. The molecule has 8 heteroatoms. The van der Waals surface area contributed by atoms with E-state index in [1.54, 1.807) is 72.8 Å². The standard InChI is InChI=1S/C27H30O3.C24H26O3.C15H16O2/c1-18(20-6-10-22(28)11-7-20)15-19-5-14-25-24(16-19)27(4,17-26(2,3)30-25)21-8-12-23(29)13-9-21;1-16(18-5-9-20(25)10-6-18)14-17-4-13-23(27)22(15-17)24(2,3)19-7-11-21(26)12-8-19;1-11(14-4-2-3-5-15(14)17)10-12-6-8-13(16)9-7-12/h5-14,16,18,28-29H,15,17H2,1-4H3;4-13,15-16,25-27H,14H2,1-3H3;2-9,11,16-17H,10H2,1H3. The van der Waals surface area contributed by atoms with Gasteiger partial charge in [-0.3, -0.25) is 0 Å². The Kier molecular flexibility index (Phi) is 16.7. The van der Waals surface area contributed by atoms with Gasteiger partial charge in [0.2, 0.25) is 0 Å². The van der Waals surface area contributed by atoms with Crippen LogP contribution >= 0.6 is 0 Å². The van der Waals surface area contributed by atoms with Crippen molar-refractivity contribution in [1.29, 1.82) is 0 Å². The lowest BCUT2D eigenvalue weighted by Gasteiger charge is -2.45. The molecule has 1 aliphatic heterocycles. The maximum absolute atomic E-state index is 10.5. The third-order valence-electron chi connectivity index (χ3n) is 14.6. The van der Waals surface area contributed by atoms with Gasteiger partial charge in [0.15, 0.2) is 0 Å². The number of phenolic OH excluding ortho intramolecular Hbond substituents is 7. The highest BCUT2D eigenvalue weighted by Gasteiger charge is 2.43. The minimum Gasteiger partial charge on any atom is -0.508 e. The summed E-state index contributed by atoms with van der Waals surface area (Å²) in [5, 5.41) is 67.8. The van der Waals surface area contributed by atoms with Crippen LogP contribution in [0.15, 0.2) is 182 Å². The molecule has 0 saturated heterocycles. The molecule has 4 unspecified atom stereocenters. The summed E-state index contributed by atoms with van der Waals surface area (Å²) in [5.41, 5.74) is 10.3. The Morgan fingerprint density at radius 3 is 1.42 bits per heavy atom. The van der Waals surface area contributed by atoms with Crippen molar-refractivity contribution in [3.8, 4) is 46.0 Å². The molecular formula is C66H72O8. The third kappa shape index (κ3) is 13.4. The Morgan fingerprint density at radius 2 is 0.892 bits per heavy atom. The molecule has 7 N–H and O–H groups in total. The monoisotopic (exact) mass is 993 g/mol. The minimum absolute atomic E-state index is 0.206. The normalized spacial score (nSPS) is 15.9. The molecule has 1 aliphatic rings. The van der Waals surface area contributed by atoms with Gasteiger partial charge in [-0.2, -0.15) is 0 Å². The zero-order valence-electron chi connectivity index (χ0n) is 43.9. The fourth-order valence-corrected chi connectivity index (χ4v) is 10.4. The van der Waals surface area contributed by atoms with Gasteiger partial charge in [0.05, 0.1) is 0 Å². The topological polar surface area (TPSA) is 151 Å². The first-order valence-electron chi connectivity index (χ1n) is 25.5. The van der Waals surface area contributed by atoms with Crippen molar-refractivity contribution in [3.05, 3.63) is 238 Å². The largest absolute Gasteiger partial charge is 0.508 e. The summed E-state index contributed by atoms with van der Waals surface area (Å²) in [7, 11) is 0. The van der Waals surface area contributed by atoms with Crippen LogP contribution in [0.5, 0.6) is 46.0 Å². The number of benzene rings is 8. The molecule has 0 radical (unpaired) electrons. The van der Waals surface area contributed by atoms with E-state index in [0.29, 0.717) is 23.3 Å². The fraction of sp³-hybridized carbons (Fsp3) is 0.273. The number of phenols is 7. The molecule has 0 fully saturated rings. The van der Waals surface area contributed by atoms with Gasteiger partial charge in [-0.05, 0) is 174 Å². The highest BCUT2D eigenvalue weighted by atomic mass is 16.5. The quantitative estimate of drug-likeness (QED) is 0.0639. The Labute approximate surface area is 437 Å². The number of aromatic hydroxyl groups is 7. The van der Waals surface area contributed by atoms with Crippen molar-refractivity contribution >= 4 is 0 Å². The zero-order valence-corrected chi connectivity index (χ0v) is 43.9. The van der Waals surface area contributed by atoms with E-state index < -0.39 is 5.41 Å². The van der Waals surface area contributed by atoms with Crippen LogP contribution in [0.25, 0.3) is 0 Å². The highest BCUT2D eigenvalue weighted by Crippen LogP contribution is 2.49. The lowest BCUT2D eigenvalue weighted by molar-refractivity contribution is 0.0582. The van der Waals surface area contributed by atoms with E-state index in [9.17, 15) is 35.7 Å².